The van der Waals surface area contributed by atoms with Crippen molar-refractivity contribution in [2.24, 2.45) is 0 Å². The molecule has 1 aromatic rings. The Morgan fingerprint density at radius 2 is 1.81 bits per heavy atom. The highest BCUT2D eigenvalue weighted by Crippen LogP contribution is 2.20. The van der Waals surface area contributed by atoms with Crippen LogP contribution < -0.4 is 0 Å². The van der Waals surface area contributed by atoms with E-state index >= 15 is 0 Å². The van der Waals surface area contributed by atoms with Crippen LogP contribution in [0.15, 0.2) is 35.7 Å². The van der Waals surface area contributed by atoms with E-state index in [0.717, 1.165) is 11.0 Å². The second kappa shape index (κ2) is 6.87. The van der Waals surface area contributed by atoms with Gasteiger partial charge in [0.25, 0.3) is 0 Å². The van der Waals surface area contributed by atoms with Crippen molar-refractivity contribution in [2.45, 2.75) is 32.7 Å². The quantitative estimate of drug-likeness (QED) is 0.876. The number of aliphatic carboxylic acids is 1. The van der Waals surface area contributed by atoms with E-state index in [4.69, 9.17) is 5.11 Å². The average Bonchev–Trinajstić information content (AvgIpc) is 2.35. The van der Waals surface area contributed by atoms with Crippen molar-refractivity contribution in [3.63, 3.8) is 0 Å². The molecule has 0 amide bonds. The van der Waals surface area contributed by atoms with Crippen LogP contribution in [-0.2, 0) is 14.8 Å². The lowest BCUT2D eigenvalue weighted by Gasteiger charge is -2.33. The normalized spacial score (nSPS) is 13.0. The Hall–Kier alpha value is -1.66. The molecule has 6 heteroatoms. The maximum absolute atomic E-state index is 12.4. The van der Waals surface area contributed by atoms with Gasteiger partial charge in [-0.3, -0.25) is 4.79 Å². The Morgan fingerprint density at radius 1 is 1.24 bits per heavy atom. The largest absolute Gasteiger partial charge is 0.481 e. The molecule has 21 heavy (non-hydrogen) atoms. The van der Waals surface area contributed by atoms with Crippen molar-refractivity contribution in [1.29, 1.82) is 0 Å². The average molecular weight is 311 g/mol. The van der Waals surface area contributed by atoms with Crippen LogP contribution in [0.2, 0.25) is 0 Å². The molecule has 0 aliphatic heterocycles. The van der Waals surface area contributed by atoms with Crippen LogP contribution in [0, 0.1) is 0 Å². The number of nitrogens with zero attached hydrogens (tertiary/aromatic N) is 1. The van der Waals surface area contributed by atoms with Gasteiger partial charge in [-0.1, -0.05) is 30.3 Å². The van der Waals surface area contributed by atoms with Gasteiger partial charge in [0.2, 0.25) is 10.0 Å². The zero-order chi connectivity index (χ0) is 16.1. The van der Waals surface area contributed by atoms with Gasteiger partial charge in [0.1, 0.15) is 0 Å². The molecule has 0 saturated carbocycles. The summed E-state index contributed by atoms with van der Waals surface area (Å²) in [5, 5.41) is 9.88. The van der Waals surface area contributed by atoms with Gasteiger partial charge in [-0.15, -0.1) is 0 Å². The first-order valence-corrected chi connectivity index (χ1v) is 8.11. The lowest BCUT2D eigenvalue weighted by atomic mass is 10.1. The molecule has 1 aromatic carbocycles. The third-order valence-corrected chi connectivity index (χ3v) is 4.64. The number of rotatable bonds is 6. The molecule has 5 nitrogen and oxygen atoms in total. The molecule has 0 heterocycles. The Bertz CT molecular complexity index is 600. The van der Waals surface area contributed by atoms with Gasteiger partial charge in [0.15, 0.2) is 0 Å². The van der Waals surface area contributed by atoms with Gasteiger partial charge in [-0.05, 0) is 32.4 Å². The highest BCUT2D eigenvalue weighted by Gasteiger charge is 2.31. The third kappa shape index (κ3) is 5.69. The molecule has 0 aliphatic rings. The van der Waals surface area contributed by atoms with Gasteiger partial charge in [-0.2, -0.15) is 4.31 Å². The molecule has 0 spiro atoms. The lowest BCUT2D eigenvalue weighted by Crippen LogP contribution is -2.45. The molecule has 0 bridgehead atoms. The Morgan fingerprint density at radius 3 is 2.29 bits per heavy atom. The monoisotopic (exact) mass is 311 g/mol. The van der Waals surface area contributed by atoms with Crippen molar-refractivity contribution in [3.8, 4) is 0 Å². The molecule has 0 atom stereocenters. The van der Waals surface area contributed by atoms with Crippen LogP contribution in [0.5, 0.6) is 0 Å². The molecule has 0 aliphatic carbocycles. The molecule has 0 aromatic heterocycles. The fraction of sp³-hybridized carbons (Fsp3) is 0.400. The molecule has 116 valence electrons. The van der Waals surface area contributed by atoms with Crippen LogP contribution in [0.3, 0.4) is 0 Å². The highest BCUT2D eigenvalue weighted by molar-refractivity contribution is 7.92. The van der Waals surface area contributed by atoms with Crippen LogP contribution in [0.4, 0.5) is 0 Å². The van der Waals surface area contributed by atoms with Crippen LogP contribution >= 0.6 is 0 Å². The first kappa shape index (κ1) is 17.4. The van der Waals surface area contributed by atoms with Gasteiger partial charge in [0.05, 0.1) is 6.42 Å². The summed E-state index contributed by atoms with van der Waals surface area (Å²) < 4.78 is 26.0. The standard InChI is InChI=1S/C15H21NO4S/c1-15(2,3)16(11-9-14(17)18)21(19,20)12-10-13-7-5-4-6-8-13/h4-8,10,12H,9,11H2,1-3H3,(H,17,18)/b12-10+. The minimum Gasteiger partial charge on any atom is -0.481 e. The summed E-state index contributed by atoms with van der Waals surface area (Å²) in [5.74, 6) is -1.02. The van der Waals surface area contributed by atoms with E-state index in [0.29, 0.717) is 0 Å². The smallest absolute Gasteiger partial charge is 0.304 e. The molecular formula is C15H21NO4S. The molecule has 0 radical (unpaired) electrons. The summed E-state index contributed by atoms with van der Waals surface area (Å²) in [5.41, 5.74) is 0.0862. The third-order valence-electron chi connectivity index (χ3n) is 2.82. The highest BCUT2D eigenvalue weighted by atomic mass is 32.2. The first-order valence-electron chi connectivity index (χ1n) is 6.61. The molecule has 0 fully saturated rings. The van der Waals surface area contributed by atoms with E-state index in [-0.39, 0.29) is 13.0 Å². The van der Waals surface area contributed by atoms with Crippen molar-refractivity contribution < 1.29 is 18.3 Å². The van der Waals surface area contributed by atoms with Crippen molar-refractivity contribution in [2.75, 3.05) is 6.54 Å². The fourth-order valence-electron chi connectivity index (χ4n) is 1.84. The zero-order valence-electron chi connectivity index (χ0n) is 12.5. The van der Waals surface area contributed by atoms with Gasteiger partial charge in [-0.25, -0.2) is 8.42 Å². The molecular weight excluding hydrogens is 290 g/mol. The van der Waals surface area contributed by atoms with E-state index in [1.807, 2.05) is 18.2 Å². The number of carbonyl (C=O) groups is 1. The summed E-state index contributed by atoms with van der Waals surface area (Å²) in [4.78, 5) is 10.7. The minimum absolute atomic E-state index is 0.0553. The van der Waals surface area contributed by atoms with Crippen molar-refractivity contribution in [1.82, 2.24) is 4.31 Å². The minimum atomic E-state index is -3.68. The van der Waals surface area contributed by atoms with E-state index in [1.165, 1.54) is 10.4 Å². The lowest BCUT2D eigenvalue weighted by molar-refractivity contribution is -0.137. The molecule has 0 unspecified atom stereocenters. The Balaban J connectivity index is 2.99. The number of carboxylic acid groups (broad SMARTS) is 1. The summed E-state index contributed by atoms with van der Waals surface area (Å²) in [6, 6.07) is 9.08. The number of sulfonamides is 1. The van der Waals surface area contributed by atoms with Gasteiger partial charge < -0.3 is 5.11 Å². The topological polar surface area (TPSA) is 74.7 Å². The van der Waals surface area contributed by atoms with Crippen LogP contribution in [-0.4, -0.2) is 35.9 Å². The molecule has 1 N–H and O–H groups in total. The van der Waals surface area contributed by atoms with Crippen molar-refractivity contribution >= 4 is 22.1 Å². The predicted molar refractivity (Wildman–Crippen MR) is 83.1 cm³/mol. The second-order valence-corrected chi connectivity index (χ2v) is 7.39. The van der Waals surface area contributed by atoms with E-state index < -0.39 is 21.5 Å². The van der Waals surface area contributed by atoms with E-state index in [1.54, 1.807) is 32.9 Å². The summed E-state index contributed by atoms with van der Waals surface area (Å²) in [6.07, 6.45) is 1.28. The number of carboxylic acids is 1. The Labute approximate surface area is 126 Å². The summed E-state index contributed by atoms with van der Waals surface area (Å²) in [6.45, 7) is 5.16. The fourth-order valence-corrected chi connectivity index (χ4v) is 3.43. The maximum atomic E-state index is 12.4. The van der Waals surface area contributed by atoms with E-state index in [2.05, 4.69) is 0 Å². The SMILES string of the molecule is CC(C)(C)N(CCC(=O)O)S(=O)(=O)/C=C/c1ccccc1. The summed E-state index contributed by atoms with van der Waals surface area (Å²) >= 11 is 0. The van der Waals surface area contributed by atoms with Crippen molar-refractivity contribution in [3.05, 3.63) is 41.3 Å². The second-order valence-electron chi connectivity index (χ2n) is 5.65. The molecule has 0 saturated heterocycles. The van der Waals surface area contributed by atoms with Gasteiger partial charge in [0, 0.05) is 17.5 Å². The summed E-state index contributed by atoms with van der Waals surface area (Å²) in [7, 11) is -3.68. The number of hydrogen-bond donors (Lipinski definition) is 1. The van der Waals surface area contributed by atoms with Crippen LogP contribution in [0.25, 0.3) is 6.08 Å². The van der Waals surface area contributed by atoms with Crippen LogP contribution in [0.1, 0.15) is 32.8 Å². The number of hydrogen-bond acceptors (Lipinski definition) is 3. The molecule has 1 rings (SSSR count). The van der Waals surface area contributed by atoms with E-state index in [9.17, 15) is 13.2 Å². The zero-order valence-corrected chi connectivity index (χ0v) is 13.3. The predicted octanol–water partition coefficient (Wildman–Crippen LogP) is 2.56. The van der Waals surface area contributed by atoms with Gasteiger partial charge >= 0.3 is 5.97 Å². The number of benzene rings is 1. The first-order chi connectivity index (χ1) is 9.63. The maximum Gasteiger partial charge on any atom is 0.304 e. The Kier molecular flexibility index (Phi) is 5.69.